The molecule has 0 aromatic carbocycles. The highest BCUT2D eigenvalue weighted by molar-refractivity contribution is 7.80. The van der Waals surface area contributed by atoms with Crippen molar-refractivity contribution in [2.24, 2.45) is 0 Å². The van der Waals surface area contributed by atoms with E-state index < -0.39 is 0 Å². The fraction of sp³-hybridized carbons (Fsp3) is 0.286. The van der Waals surface area contributed by atoms with Crippen molar-refractivity contribution in [1.29, 1.82) is 0 Å². The summed E-state index contributed by atoms with van der Waals surface area (Å²) < 4.78 is 2.32. The van der Waals surface area contributed by atoms with Crippen LogP contribution in [0, 0.1) is 0 Å². The van der Waals surface area contributed by atoms with E-state index in [0.717, 1.165) is 17.4 Å². The van der Waals surface area contributed by atoms with E-state index in [1.165, 1.54) is 11.3 Å². The molecule has 3 aromatic rings. The summed E-state index contributed by atoms with van der Waals surface area (Å²) >= 11 is 5.74. The van der Waals surface area contributed by atoms with Gasteiger partial charge < -0.3 is 14.8 Å². The average molecular weight is 378 g/mol. The molecule has 0 radical (unpaired) electrons. The summed E-state index contributed by atoms with van der Waals surface area (Å²) in [6.07, 6.45) is 7.62. The van der Waals surface area contributed by atoms with Crippen molar-refractivity contribution < 1.29 is 0 Å². The molecule has 1 fully saturated rings. The molecule has 4 heterocycles. The highest BCUT2D eigenvalue weighted by Gasteiger charge is 2.41. The number of aromatic nitrogens is 3. The topological polar surface area (TPSA) is 46.0 Å². The van der Waals surface area contributed by atoms with Gasteiger partial charge in [-0.15, -0.1) is 0 Å². The van der Waals surface area contributed by atoms with Gasteiger partial charge in [-0.1, -0.05) is 6.07 Å². The van der Waals surface area contributed by atoms with Crippen LogP contribution in [0.5, 0.6) is 0 Å². The molecular weight excluding hydrogens is 354 g/mol. The van der Waals surface area contributed by atoms with Gasteiger partial charge in [-0.2, -0.15) is 0 Å². The van der Waals surface area contributed by atoms with Crippen LogP contribution in [0.2, 0.25) is 0 Å². The minimum absolute atomic E-state index is 0.00735. The summed E-state index contributed by atoms with van der Waals surface area (Å²) in [6, 6.07) is 14.8. The Morgan fingerprint density at radius 3 is 2.59 bits per heavy atom. The largest absolute Gasteiger partial charge is 0.352 e. The first-order valence-corrected chi connectivity index (χ1v) is 9.59. The zero-order chi connectivity index (χ0) is 18.8. The molecule has 0 bridgehead atoms. The van der Waals surface area contributed by atoms with Gasteiger partial charge in [-0.25, -0.2) is 0 Å². The maximum atomic E-state index is 5.74. The van der Waals surface area contributed by atoms with Crippen LogP contribution >= 0.6 is 12.2 Å². The molecule has 1 aliphatic rings. The molecule has 0 aliphatic carbocycles. The maximum Gasteiger partial charge on any atom is 0.170 e. The lowest BCUT2D eigenvalue weighted by atomic mass is 10.0. The van der Waals surface area contributed by atoms with Gasteiger partial charge in [-0.05, 0) is 68.0 Å². The van der Waals surface area contributed by atoms with E-state index in [4.69, 9.17) is 12.2 Å². The number of hydrogen-bond acceptors (Lipinski definition) is 3. The highest BCUT2D eigenvalue weighted by Crippen LogP contribution is 2.40. The smallest absolute Gasteiger partial charge is 0.170 e. The summed E-state index contributed by atoms with van der Waals surface area (Å²) in [6.45, 7) is 5.13. The summed E-state index contributed by atoms with van der Waals surface area (Å²) in [5, 5.41) is 4.26. The van der Waals surface area contributed by atoms with E-state index in [1.54, 1.807) is 0 Å². The zero-order valence-electron chi connectivity index (χ0n) is 15.5. The quantitative estimate of drug-likeness (QED) is 0.680. The van der Waals surface area contributed by atoms with E-state index in [9.17, 15) is 0 Å². The van der Waals surface area contributed by atoms with Gasteiger partial charge in [0.1, 0.15) is 0 Å². The Labute approximate surface area is 165 Å². The fourth-order valence-corrected chi connectivity index (χ4v) is 4.02. The molecule has 138 valence electrons. The Bertz CT molecular complexity index is 907. The molecular formula is C21H23N5S. The molecule has 0 amide bonds. The van der Waals surface area contributed by atoms with Crippen LogP contribution in [-0.4, -0.2) is 24.5 Å². The third-order valence-corrected chi connectivity index (χ3v) is 5.32. The molecule has 27 heavy (non-hydrogen) atoms. The second-order valence-electron chi connectivity index (χ2n) is 7.04. The molecule has 1 aliphatic heterocycles. The summed E-state index contributed by atoms with van der Waals surface area (Å²) in [4.78, 5) is 11.0. The molecule has 1 saturated heterocycles. The van der Waals surface area contributed by atoms with E-state index in [-0.39, 0.29) is 12.1 Å². The molecule has 1 N–H and O–H groups in total. The van der Waals surface area contributed by atoms with Gasteiger partial charge in [-0.3, -0.25) is 9.97 Å². The third kappa shape index (κ3) is 3.45. The number of thiocarbonyl (C=S) groups is 1. The van der Waals surface area contributed by atoms with Crippen LogP contribution in [0.1, 0.15) is 48.9 Å². The maximum absolute atomic E-state index is 5.74. The van der Waals surface area contributed by atoms with Gasteiger partial charge >= 0.3 is 0 Å². The van der Waals surface area contributed by atoms with E-state index in [0.29, 0.717) is 6.04 Å². The minimum Gasteiger partial charge on any atom is -0.352 e. The third-order valence-electron chi connectivity index (χ3n) is 4.97. The first-order chi connectivity index (χ1) is 13.1. The minimum atomic E-state index is 0.00735. The lowest BCUT2D eigenvalue weighted by Crippen LogP contribution is -2.30. The average Bonchev–Trinajstić information content (AvgIpc) is 3.28. The highest BCUT2D eigenvalue weighted by atomic mass is 32.1. The lowest BCUT2D eigenvalue weighted by Gasteiger charge is -2.29. The number of pyridine rings is 2. The molecule has 0 spiro atoms. The van der Waals surface area contributed by atoms with Gasteiger partial charge in [0.05, 0.1) is 17.8 Å². The Morgan fingerprint density at radius 2 is 1.89 bits per heavy atom. The van der Waals surface area contributed by atoms with Crippen molar-refractivity contribution >= 4 is 17.3 Å². The van der Waals surface area contributed by atoms with Crippen molar-refractivity contribution in [3.8, 4) is 0 Å². The van der Waals surface area contributed by atoms with Crippen LogP contribution in [-0.2, 0) is 6.54 Å². The van der Waals surface area contributed by atoms with Crippen molar-refractivity contribution in [2.45, 2.75) is 38.5 Å². The number of hydrogen-bond donors (Lipinski definition) is 1. The standard InChI is InChI=1S/C21H23N5S/c1-15(2)25-13-5-7-18(25)20-19(17-6-3-4-10-23-17)24-21(27)26(20)14-16-8-11-22-12-9-16/h3-13,15,19-20H,14H2,1-2H3,(H,24,27)/t19-,20+/m1/s1. The summed E-state index contributed by atoms with van der Waals surface area (Å²) in [5.41, 5.74) is 3.42. The molecule has 3 aromatic heterocycles. The van der Waals surface area contributed by atoms with Crippen molar-refractivity contribution in [3.63, 3.8) is 0 Å². The monoisotopic (exact) mass is 377 g/mol. The van der Waals surface area contributed by atoms with Crippen molar-refractivity contribution in [2.75, 3.05) is 0 Å². The normalized spacial score (nSPS) is 19.5. The van der Waals surface area contributed by atoms with Gasteiger partial charge in [0.25, 0.3) is 0 Å². The summed E-state index contributed by atoms with van der Waals surface area (Å²) in [7, 11) is 0. The van der Waals surface area contributed by atoms with E-state index in [1.807, 2.05) is 42.9 Å². The Kier molecular flexibility index (Phi) is 4.90. The fourth-order valence-electron chi connectivity index (χ4n) is 3.71. The molecule has 2 atom stereocenters. The van der Waals surface area contributed by atoms with Gasteiger partial charge in [0, 0.05) is 43.1 Å². The van der Waals surface area contributed by atoms with Crippen molar-refractivity contribution in [1.82, 2.24) is 24.8 Å². The predicted molar refractivity (Wildman–Crippen MR) is 110 cm³/mol. The van der Waals surface area contributed by atoms with Crippen molar-refractivity contribution in [3.05, 3.63) is 84.2 Å². The Hall–Kier alpha value is -2.73. The Morgan fingerprint density at radius 1 is 1.07 bits per heavy atom. The van der Waals surface area contributed by atoms with Crippen LogP contribution in [0.25, 0.3) is 0 Å². The zero-order valence-corrected chi connectivity index (χ0v) is 16.3. The van der Waals surface area contributed by atoms with Crippen LogP contribution in [0.3, 0.4) is 0 Å². The first kappa shape index (κ1) is 17.7. The SMILES string of the molecule is CC(C)n1cccc1[C@H]1[C@@H](c2ccccn2)NC(=S)N1Cc1ccncc1. The van der Waals surface area contributed by atoms with Crippen LogP contribution in [0.15, 0.2) is 67.3 Å². The molecule has 0 saturated carbocycles. The van der Waals surface area contributed by atoms with Gasteiger partial charge in [0.15, 0.2) is 5.11 Å². The van der Waals surface area contributed by atoms with Gasteiger partial charge in [0.2, 0.25) is 0 Å². The lowest BCUT2D eigenvalue weighted by molar-refractivity contribution is 0.293. The van der Waals surface area contributed by atoms with E-state index >= 15 is 0 Å². The number of rotatable bonds is 5. The second kappa shape index (κ2) is 7.48. The molecule has 5 nitrogen and oxygen atoms in total. The molecule has 6 heteroatoms. The van der Waals surface area contributed by atoms with Crippen LogP contribution < -0.4 is 5.32 Å². The first-order valence-electron chi connectivity index (χ1n) is 9.19. The predicted octanol–water partition coefficient (Wildman–Crippen LogP) is 4.03. The molecule has 0 unspecified atom stereocenters. The number of nitrogens with one attached hydrogen (secondary N) is 1. The Balaban J connectivity index is 1.77. The second-order valence-corrected chi connectivity index (χ2v) is 7.43. The van der Waals surface area contributed by atoms with Crippen LogP contribution in [0.4, 0.5) is 0 Å². The van der Waals surface area contributed by atoms with E-state index in [2.05, 4.69) is 63.0 Å². The summed E-state index contributed by atoms with van der Waals surface area (Å²) in [5.74, 6) is 0. The molecule has 4 rings (SSSR count). The number of nitrogens with zero attached hydrogens (tertiary/aromatic N) is 4.